The molecular weight excluding hydrogens is 140 g/mol. The van der Waals surface area contributed by atoms with Crippen LogP contribution in [0.4, 0.5) is 0 Å². The Hall–Kier alpha value is -0.370. The summed E-state index contributed by atoms with van der Waals surface area (Å²) in [6.45, 7) is 7.21. The maximum atomic E-state index is 11.2. The molecule has 2 nitrogen and oxygen atoms in total. The number of rotatable bonds is 4. The fraction of sp³-hybridized carbons (Fsp3) is 0.889. The van der Waals surface area contributed by atoms with E-state index in [2.05, 4.69) is 0 Å². The molecule has 0 saturated carbocycles. The molecule has 0 aromatic carbocycles. The lowest BCUT2D eigenvalue weighted by Crippen LogP contribution is -2.36. The summed E-state index contributed by atoms with van der Waals surface area (Å²) < 4.78 is 0. The van der Waals surface area contributed by atoms with Gasteiger partial charge in [-0.05, 0) is 13.3 Å². The van der Waals surface area contributed by atoms with Crippen LogP contribution in [-0.2, 0) is 4.79 Å². The van der Waals surface area contributed by atoms with E-state index in [0.29, 0.717) is 12.8 Å². The number of aliphatic hydroxyl groups is 1. The summed E-state index contributed by atoms with van der Waals surface area (Å²) in [5.41, 5.74) is -0.826. The van der Waals surface area contributed by atoms with E-state index < -0.39 is 5.60 Å². The second-order valence-corrected chi connectivity index (χ2v) is 3.25. The Morgan fingerprint density at radius 2 is 2.00 bits per heavy atom. The lowest BCUT2D eigenvalue weighted by molar-refractivity contribution is -0.130. The zero-order valence-electron chi connectivity index (χ0n) is 7.85. The molecule has 0 heterocycles. The first-order valence-corrected chi connectivity index (χ1v) is 4.20. The quantitative estimate of drug-likeness (QED) is 0.677. The maximum absolute atomic E-state index is 11.2. The van der Waals surface area contributed by atoms with Crippen molar-refractivity contribution in [1.29, 1.82) is 0 Å². The molecule has 0 fully saturated rings. The number of Topliss-reactive ketones (excluding diaryl/α,β-unsaturated/α-hetero) is 1. The van der Waals surface area contributed by atoms with Gasteiger partial charge in [0, 0.05) is 12.3 Å². The Morgan fingerprint density at radius 1 is 1.55 bits per heavy atom. The van der Waals surface area contributed by atoms with Crippen molar-refractivity contribution in [2.24, 2.45) is 5.92 Å². The fourth-order valence-electron chi connectivity index (χ4n) is 0.959. The summed E-state index contributed by atoms with van der Waals surface area (Å²) in [5, 5.41) is 9.67. The molecule has 0 bridgehead atoms. The minimum absolute atomic E-state index is 0.136. The summed E-state index contributed by atoms with van der Waals surface area (Å²) in [5.74, 6) is -0.102. The molecule has 0 aromatic heterocycles. The third-order valence-corrected chi connectivity index (χ3v) is 2.48. The van der Waals surface area contributed by atoms with Gasteiger partial charge in [0.25, 0.3) is 0 Å². The van der Waals surface area contributed by atoms with Gasteiger partial charge in [-0.3, -0.25) is 4.79 Å². The van der Waals surface area contributed by atoms with Gasteiger partial charge in [0.05, 0.1) is 5.60 Å². The summed E-state index contributed by atoms with van der Waals surface area (Å²) in [4.78, 5) is 11.2. The molecule has 1 N–H and O–H groups in total. The molecule has 2 unspecified atom stereocenters. The highest BCUT2D eigenvalue weighted by Crippen LogP contribution is 2.21. The number of carbonyl (C=O) groups is 1. The minimum Gasteiger partial charge on any atom is -0.389 e. The largest absolute Gasteiger partial charge is 0.389 e. The van der Waals surface area contributed by atoms with Crippen LogP contribution in [0.2, 0.25) is 0 Å². The highest BCUT2D eigenvalue weighted by molar-refractivity contribution is 5.81. The van der Waals surface area contributed by atoms with Crippen molar-refractivity contribution in [2.75, 3.05) is 0 Å². The molecule has 66 valence electrons. The monoisotopic (exact) mass is 158 g/mol. The van der Waals surface area contributed by atoms with Gasteiger partial charge in [-0.25, -0.2) is 0 Å². The molecule has 2 atom stereocenters. The summed E-state index contributed by atoms with van der Waals surface area (Å²) >= 11 is 0. The normalized spacial score (nSPS) is 19.0. The number of carbonyl (C=O) groups excluding carboxylic acids is 1. The van der Waals surface area contributed by atoms with Crippen LogP contribution >= 0.6 is 0 Å². The predicted octanol–water partition coefficient (Wildman–Crippen LogP) is 1.76. The van der Waals surface area contributed by atoms with Crippen molar-refractivity contribution >= 4 is 5.78 Å². The van der Waals surface area contributed by atoms with Gasteiger partial charge in [-0.1, -0.05) is 20.8 Å². The van der Waals surface area contributed by atoms with E-state index in [4.69, 9.17) is 0 Å². The molecule has 2 heteroatoms. The first-order chi connectivity index (χ1) is 4.95. The molecule has 0 aromatic rings. The Kier molecular flexibility index (Phi) is 3.73. The third-order valence-electron chi connectivity index (χ3n) is 2.48. The van der Waals surface area contributed by atoms with Gasteiger partial charge in [0.15, 0.2) is 0 Å². The van der Waals surface area contributed by atoms with E-state index in [1.165, 1.54) is 0 Å². The molecule has 0 rings (SSSR count). The van der Waals surface area contributed by atoms with Gasteiger partial charge in [0.2, 0.25) is 0 Å². The van der Waals surface area contributed by atoms with Crippen LogP contribution in [0.25, 0.3) is 0 Å². The Morgan fingerprint density at radius 3 is 2.27 bits per heavy atom. The van der Waals surface area contributed by atoms with E-state index in [0.717, 1.165) is 0 Å². The van der Waals surface area contributed by atoms with E-state index >= 15 is 0 Å². The van der Waals surface area contributed by atoms with Gasteiger partial charge in [0.1, 0.15) is 5.78 Å². The Bertz CT molecular complexity index is 138. The lowest BCUT2D eigenvalue weighted by Gasteiger charge is -2.27. The van der Waals surface area contributed by atoms with E-state index in [9.17, 15) is 9.90 Å². The SMILES string of the molecule is CCC(=O)C(C)C(C)(O)CC. The Balaban J connectivity index is 4.22. The summed E-state index contributed by atoms with van der Waals surface area (Å²) in [7, 11) is 0. The first kappa shape index (κ1) is 10.6. The molecule has 0 radical (unpaired) electrons. The zero-order chi connectivity index (χ0) is 9.07. The van der Waals surface area contributed by atoms with Gasteiger partial charge >= 0.3 is 0 Å². The van der Waals surface area contributed by atoms with Crippen LogP contribution in [0.5, 0.6) is 0 Å². The van der Waals surface area contributed by atoms with Crippen molar-refractivity contribution in [2.45, 2.75) is 46.1 Å². The molecule has 0 spiro atoms. The third kappa shape index (κ3) is 2.62. The molecule has 0 aliphatic rings. The highest BCUT2D eigenvalue weighted by Gasteiger charge is 2.30. The molecule has 0 amide bonds. The Labute approximate surface area is 68.6 Å². The highest BCUT2D eigenvalue weighted by atomic mass is 16.3. The second-order valence-electron chi connectivity index (χ2n) is 3.25. The topological polar surface area (TPSA) is 37.3 Å². The fourth-order valence-corrected chi connectivity index (χ4v) is 0.959. The average molecular weight is 158 g/mol. The van der Waals surface area contributed by atoms with Crippen molar-refractivity contribution in [3.8, 4) is 0 Å². The molecule has 0 saturated heterocycles. The van der Waals surface area contributed by atoms with Gasteiger partial charge in [-0.15, -0.1) is 0 Å². The van der Waals surface area contributed by atoms with Gasteiger partial charge < -0.3 is 5.11 Å². The van der Waals surface area contributed by atoms with Crippen LogP contribution in [-0.4, -0.2) is 16.5 Å². The smallest absolute Gasteiger partial charge is 0.138 e. The molecule has 11 heavy (non-hydrogen) atoms. The van der Waals surface area contributed by atoms with Crippen molar-refractivity contribution in [3.05, 3.63) is 0 Å². The molecule has 0 aliphatic carbocycles. The van der Waals surface area contributed by atoms with E-state index in [-0.39, 0.29) is 11.7 Å². The van der Waals surface area contributed by atoms with Crippen LogP contribution in [0.1, 0.15) is 40.5 Å². The van der Waals surface area contributed by atoms with Crippen LogP contribution < -0.4 is 0 Å². The van der Waals surface area contributed by atoms with Crippen LogP contribution in [0.3, 0.4) is 0 Å². The number of hydrogen-bond acceptors (Lipinski definition) is 2. The summed E-state index contributed by atoms with van der Waals surface area (Å²) in [6, 6.07) is 0. The molecular formula is C9H18O2. The lowest BCUT2D eigenvalue weighted by atomic mass is 9.84. The first-order valence-electron chi connectivity index (χ1n) is 4.20. The van der Waals surface area contributed by atoms with Crippen molar-refractivity contribution in [1.82, 2.24) is 0 Å². The van der Waals surface area contributed by atoms with Crippen LogP contribution in [0, 0.1) is 5.92 Å². The van der Waals surface area contributed by atoms with E-state index in [1.807, 2.05) is 13.8 Å². The summed E-state index contributed by atoms with van der Waals surface area (Å²) in [6.07, 6.45) is 1.14. The average Bonchev–Trinajstić information content (AvgIpc) is 2.01. The van der Waals surface area contributed by atoms with E-state index in [1.54, 1.807) is 13.8 Å². The number of ketones is 1. The standard InChI is InChI=1S/C9H18O2/c1-5-8(10)7(3)9(4,11)6-2/h7,11H,5-6H2,1-4H3. The van der Waals surface area contributed by atoms with Crippen molar-refractivity contribution in [3.63, 3.8) is 0 Å². The van der Waals surface area contributed by atoms with Gasteiger partial charge in [-0.2, -0.15) is 0 Å². The predicted molar refractivity (Wildman–Crippen MR) is 45.4 cm³/mol. The maximum Gasteiger partial charge on any atom is 0.138 e. The van der Waals surface area contributed by atoms with Crippen molar-refractivity contribution < 1.29 is 9.90 Å². The zero-order valence-corrected chi connectivity index (χ0v) is 7.85. The minimum atomic E-state index is -0.826. The molecule has 0 aliphatic heterocycles. The number of hydrogen-bond donors (Lipinski definition) is 1. The van der Waals surface area contributed by atoms with Crippen LogP contribution in [0.15, 0.2) is 0 Å². The second kappa shape index (κ2) is 3.86.